The van der Waals surface area contributed by atoms with Gasteiger partial charge in [0.05, 0.1) is 17.8 Å². The van der Waals surface area contributed by atoms with Crippen LogP contribution in [0.4, 0.5) is 5.69 Å². The number of hydrogen-bond donors (Lipinski definition) is 2. The minimum absolute atomic E-state index is 0.107. The zero-order chi connectivity index (χ0) is 13.7. The summed E-state index contributed by atoms with van der Waals surface area (Å²) < 4.78 is 0. The highest BCUT2D eigenvalue weighted by Crippen LogP contribution is 2.20. The Labute approximate surface area is 112 Å². The molecule has 1 aromatic heterocycles. The number of anilines is 1. The van der Waals surface area contributed by atoms with E-state index in [4.69, 9.17) is 5.73 Å². The summed E-state index contributed by atoms with van der Waals surface area (Å²) in [5, 5.41) is 2.81. The fraction of sp³-hybridized carbons (Fsp3) is 0.200. The molecular weight excluding hydrogens is 238 g/mol. The number of rotatable bonds is 4. The Kier molecular flexibility index (Phi) is 4.26. The Morgan fingerprint density at radius 1 is 1.21 bits per heavy atom. The smallest absolute Gasteiger partial charge is 0.229 e. The molecule has 0 aliphatic rings. The van der Waals surface area contributed by atoms with Crippen molar-refractivity contribution in [2.45, 2.75) is 13.0 Å². The van der Waals surface area contributed by atoms with E-state index >= 15 is 0 Å². The molecule has 2 aromatic rings. The van der Waals surface area contributed by atoms with Crippen LogP contribution in [-0.4, -0.2) is 10.9 Å². The lowest BCUT2D eigenvalue weighted by Gasteiger charge is -2.19. The number of nitrogens with zero attached hydrogens (tertiary/aromatic N) is 1. The van der Waals surface area contributed by atoms with Gasteiger partial charge in [0.25, 0.3) is 0 Å². The van der Waals surface area contributed by atoms with Crippen LogP contribution in [-0.2, 0) is 4.79 Å². The van der Waals surface area contributed by atoms with Gasteiger partial charge in [-0.25, -0.2) is 0 Å². The molecule has 98 valence electrons. The van der Waals surface area contributed by atoms with Crippen molar-refractivity contribution in [2.75, 3.05) is 5.32 Å². The van der Waals surface area contributed by atoms with Crippen LogP contribution in [0.25, 0.3) is 0 Å². The average molecular weight is 255 g/mol. The number of benzene rings is 1. The minimum atomic E-state index is -0.321. The quantitative estimate of drug-likeness (QED) is 0.881. The first-order valence-electron chi connectivity index (χ1n) is 6.20. The van der Waals surface area contributed by atoms with Crippen molar-refractivity contribution in [1.29, 1.82) is 0 Å². The Balaban J connectivity index is 2.03. The molecule has 1 aromatic carbocycles. The summed E-state index contributed by atoms with van der Waals surface area (Å²) in [5.74, 6) is -0.424. The fourth-order valence-electron chi connectivity index (χ4n) is 1.82. The summed E-state index contributed by atoms with van der Waals surface area (Å²) in [6.45, 7) is 1.82. The molecule has 19 heavy (non-hydrogen) atoms. The Morgan fingerprint density at radius 2 is 1.95 bits per heavy atom. The predicted octanol–water partition coefficient (Wildman–Crippen LogP) is 2.36. The number of pyridine rings is 1. The van der Waals surface area contributed by atoms with Crippen LogP contribution in [0.3, 0.4) is 0 Å². The van der Waals surface area contributed by atoms with E-state index < -0.39 is 0 Å². The highest BCUT2D eigenvalue weighted by molar-refractivity contribution is 5.92. The van der Waals surface area contributed by atoms with Gasteiger partial charge >= 0.3 is 0 Å². The second-order valence-corrected chi connectivity index (χ2v) is 4.46. The Hall–Kier alpha value is -2.20. The SMILES string of the molecule is CC(C(=O)Nc1cccnc1)C(N)c1ccccc1. The van der Waals surface area contributed by atoms with Crippen LogP contribution in [0.2, 0.25) is 0 Å². The lowest BCUT2D eigenvalue weighted by Crippen LogP contribution is -2.30. The maximum Gasteiger partial charge on any atom is 0.229 e. The van der Waals surface area contributed by atoms with Gasteiger partial charge in [-0.1, -0.05) is 37.3 Å². The van der Waals surface area contributed by atoms with Crippen LogP contribution in [0.5, 0.6) is 0 Å². The number of hydrogen-bond acceptors (Lipinski definition) is 3. The van der Waals surface area contributed by atoms with Crippen molar-refractivity contribution in [2.24, 2.45) is 11.7 Å². The van der Waals surface area contributed by atoms with E-state index in [1.165, 1.54) is 0 Å². The molecule has 4 heteroatoms. The molecule has 0 fully saturated rings. The lowest BCUT2D eigenvalue weighted by molar-refractivity contribution is -0.120. The zero-order valence-electron chi connectivity index (χ0n) is 10.8. The molecule has 2 atom stereocenters. The van der Waals surface area contributed by atoms with Crippen molar-refractivity contribution in [3.63, 3.8) is 0 Å². The molecule has 0 aliphatic heterocycles. The topological polar surface area (TPSA) is 68.0 Å². The molecule has 0 spiro atoms. The largest absolute Gasteiger partial charge is 0.324 e. The van der Waals surface area contributed by atoms with Gasteiger partial charge < -0.3 is 11.1 Å². The van der Waals surface area contributed by atoms with E-state index in [0.717, 1.165) is 5.56 Å². The molecule has 0 saturated heterocycles. The predicted molar refractivity (Wildman–Crippen MR) is 75.4 cm³/mol. The van der Waals surface area contributed by atoms with Crippen molar-refractivity contribution < 1.29 is 4.79 Å². The number of carbonyl (C=O) groups excluding carboxylic acids is 1. The average Bonchev–Trinajstić information content (AvgIpc) is 2.47. The summed E-state index contributed by atoms with van der Waals surface area (Å²) in [4.78, 5) is 16.1. The third-order valence-electron chi connectivity index (χ3n) is 3.07. The van der Waals surface area contributed by atoms with E-state index in [1.807, 2.05) is 37.3 Å². The van der Waals surface area contributed by atoms with Crippen molar-refractivity contribution in [1.82, 2.24) is 4.98 Å². The van der Waals surface area contributed by atoms with Gasteiger partial charge in [-0.15, -0.1) is 0 Å². The van der Waals surface area contributed by atoms with Crippen LogP contribution >= 0.6 is 0 Å². The number of aromatic nitrogens is 1. The summed E-state index contributed by atoms with van der Waals surface area (Å²) in [6, 6.07) is 12.9. The van der Waals surface area contributed by atoms with Gasteiger partial charge in [-0.05, 0) is 17.7 Å². The van der Waals surface area contributed by atoms with Crippen LogP contribution in [0.15, 0.2) is 54.9 Å². The van der Waals surface area contributed by atoms with Crippen molar-refractivity contribution in [3.05, 3.63) is 60.4 Å². The molecule has 3 N–H and O–H groups in total. The van der Waals surface area contributed by atoms with Gasteiger partial charge in [0.15, 0.2) is 0 Å². The Morgan fingerprint density at radius 3 is 2.58 bits per heavy atom. The summed E-state index contributed by atoms with van der Waals surface area (Å²) >= 11 is 0. The van der Waals surface area contributed by atoms with Gasteiger partial charge in [0, 0.05) is 12.2 Å². The first-order valence-corrected chi connectivity index (χ1v) is 6.20. The van der Waals surface area contributed by atoms with E-state index in [1.54, 1.807) is 24.5 Å². The van der Waals surface area contributed by atoms with Gasteiger partial charge in [-0.3, -0.25) is 9.78 Å². The summed E-state index contributed by atoms with van der Waals surface area (Å²) in [5.41, 5.74) is 7.75. The standard InChI is InChI=1S/C15H17N3O/c1-11(14(16)12-6-3-2-4-7-12)15(19)18-13-8-5-9-17-10-13/h2-11,14H,16H2,1H3,(H,18,19). The van der Waals surface area contributed by atoms with Gasteiger partial charge in [0.2, 0.25) is 5.91 Å². The zero-order valence-corrected chi connectivity index (χ0v) is 10.8. The monoisotopic (exact) mass is 255 g/mol. The molecule has 2 rings (SSSR count). The molecule has 0 aliphatic carbocycles. The first-order chi connectivity index (χ1) is 9.18. The summed E-state index contributed by atoms with van der Waals surface area (Å²) in [7, 11) is 0. The third kappa shape index (κ3) is 3.39. The third-order valence-corrected chi connectivity index (χ3v) is 3.07. The molecule has 4 nitrogen and oxygen atoms in total. The first kappa shape index (κ1) is 13.2. The van der Waals surface area contributed by atoms with Gasteiger partial charge in [-0.2, -0.15) is 0 Å². The number of carbonyl (C=O) groups is 1. The normalized spacial score (nSPS) is 13.6. The van der Waals surface area contributed by atoms with Crippen molar-refractivity contribution >= 4 is 11.6 Å². The number of nitrogens with two attached hydrogens (primary N) is 1. The molecule has 1 heterocycles. The molecular formula is C15H17N3O. The van der Waals surface area contributed by atoms with E-state index in [0.29, 0.717) is 5.69 Å². The van der Waals surface area contributed by atoms with E-state index in [9.17, 15) is 4.79 Å². The van der Waals surface area contributed by atoms with Crippen LogP contribution in [0.1, 0.15) is 18.5 Å². The summed E-state index contributed by atoms with van der Waals surface area (Å²) in [6.07, 6.45) is 3.27. The van der Waals surface area contributed by atoms with Crippen LogP contribution in [0, 0.1) is 5.92 Å². The molecule has 1 amide bonds. The second-order valence-electron chi connectivity index (χ2n) is 4.46. The Bertz CT molecular complexity index is 528. The van der Waals surface area contributed by atoms with Crippen LogP contribution < -0.4 is 11.1 Å². The fourth-order valence-corrected chi connectivity index (χ4v) is 1.82. The van der Waals surface area contributed by atoms with Gasteiger partial charge in [0.1, 0.15) is 0 Å². The van der Waals surface area contributed by atoms with Crippen molar-refractivity contribution in [3.8, 4) is 0 Å². The maximum atomic E-state index is 12.1. The molecule has 0 saturated carbocycles. The highest BCUT2D eigenvalue weighted by atomic mass is 16.1. The number of nitrogens with one attached hydrogen (secondary N) is 1. The van der Waals surface area contributed by atoms with E-state index in [-0.39, 0.29) is 17.9 Å². The molecule has 0 bridgehead atoms. The van der Waals surface area contributed by atoms with E-state index in [2.05, 4.69) is 10.3 Å². The lowest BCUT2D eigenvalue weighted by atomic mass is 9.94. The maximum absolute atomic E-state index is 12.1. The second kappa shape index (κ2) is 6.11. The minimum Gasteiger partial charge on any atom is -0.324 e. The number of amides is 1. The molecule has 0 radical (unpaired) electrons. The highest BCUT2D eigenvalue weighted by Gasteiger charge is 2.22. The molecule has 2 unspecified atom stereocenters.